The normalized spacial score (nSPS) is 11.0. The second kappa shape index (κ2) is 7.56. The summed E-state index contributed by atoms with van der Waals surface area (Å²) in [5.41, 5.74) is 4.31. The number of nitriles is 1. The lowest BCUT2D eigenvalue weighted by Crippen LogP contribution is -2.10. The van der Waals surface area contributed by atoms with E-state index in [1.54, 1.807) is 40.1 Å². The third-order valence-electron chi connectivity index (χ3n) is 4.61. The summed E-state index contributed by atoms with van der Waals surface area (Å²) in [6.45, 7) is 4.18. The Bertz CT molecular complexity index is 1160. The molecule has 4 rings (SSSR count). The molecule has 0 bridgehead atoms. The molecule has 0 unspecified atom stereocenters. The minimum Gasteiger partial charge on any atom is -0.240 e. The molecule has 0 aliphatic carbocycles. The standard InChI is InChI=1S/C20H20N8/c1-3-6-16-17(23-13-27-20(16)25-18(4-2)26-27)11-15-8-10-24-28(15)19-14(12-21)7-5-9-22-19/h5,7-10,13H,3-4,6,11H2,1-2H3. The second-order valence-corrected chi connectivity index (χ2v) is 6.47. The first-order chi connectivity index (χ1) is 13.7. The van der Waals surface area contributed by atoms with Crippen LogP contribution in [0.2, 0.25) is 0 Å². The topological polar surface area (TPSA) is 97.6 Å². The monoisotopic (exact) mass is 372 g/mol. The van der Waals surface area contributed by atoms with Crippen molar-refractivity contribution in [3.63, 3.8) is 0 Å². The third kappa shape index (κ3) is 3.11. The second-order valence-electron chi connectivity index (χ2n) is 6.47. The highest BCUT2D eigenvalue weighted by Crippen LogP contribution is 2.20. The van der Waals surface area contributed by atoms with Gasteiger partial charge in [-0.15, -0.1) is 5.10 Å². The van der Waals surface area contributed by atoms with E-state index in [1.807, 2.05) is 13.0 Å². The van der Waals surface area contributed by atoms with Crippen LogP contribution in [0.3, 0.4) is 0 Å². The van der Waals surface area contributed by atoms with Gasteiger partial charge in [-0.05, 0) is 24.6 Å². The van der Waals surface area contributed by atoms with Gasteiger partial charge >= 0.3 is 0 Å². The zero-order valence-electron chi connectivity index (χ0n) is 15.9. The molecule has 4 heterocycles. The van der Waals surface area contributed by atoms with Crippen LogP contribution in [0.25, 0.3) is 11.5 Å². The fraction of sp³-hybridized carbons (Fsp3) is 0.300. The van der Waals surface area contributed by atoms with Crippen molar-refractivity contribution in [1.82, 2.24) is 34.3 Å². The van der Waals surface area contributed by atoms with Gasteiger partial charge in [-0.2, -0.15) is 10.4 Å². The first-order valence-corrected chi connectivity index (χ1v) is 9.35. The highest BCUT2D eigenvalue weighted by Gasteiger charge is 2.17. The predicted octanol–water partition coefficient (Wildman–Crippen LogP) is 2.68. The largest absolute Gasteiger partial charge is 0.240 e. The van der Waals surface area contributed by atoms with E-state index in [9.17, 15) is 5.26 Å². The fourth-order valence-corrected chi connectivity index (χ4v) is 3.27. The molecule has 0 saturated heterocycles. The van der Waals surface area contributed by atoms with Crippen LogP contribution in [0.1, 0.15) is 48.6 Å². The number of hydrogen-bond donors (Lipinski definition) is 0. The Kier molecular flexibility index (Phi) is 4.81. The van der Waals surface area contributed by atoms with Crippen LogP contribution in [-0.4, -0.2) is 34.3 Å². The molecule has 0 spiro atoms. The predicted molar refractivity (Wildman–Crippen MR) is 103 cm³/mol. The molecule has 0 aliphatic heterocycles. The Labute approximate surface area is 162 Å². The molecule has 140 valence electrons. The summed E-state index contributed by atoms with van der Waals surface area (Å²) in [4.78, 5) is 13.7. The average molecular weight is 372 g/mol. The molecule has 0 amide bonds. The van der Waals surface area contributed by atoms with Gasteiger partial charge in [-0.25, -0.2) is 24.1 Å². The van der Waals surface area contributed by atoms with Gasteiger partial charge in [-0.1, -0.05) is 20.3 Å². The first-order valence-electron chi connectivity index (χ1n) is 9.35. The molecule has 0 atom stereocenters. The van der Waals surface area contributed by atoms with E-state index in [2.05, 4.69) is 38.1 Å². The van der Waals surface area contributed by atoms with Crippen LogP contribution in [0, 0.1) is 11.3 Å². The molecule has 8 nitrogen and oxygen atoms in total. The van der Waals surface area contributed by atoms with E-state index in [0.29, 0.717) is 17.8 Å². The minimum absolute atomic E-state index is 0.481. The summed E-state index contributed by atoms with van der Waals surface area (Å²) in [6.07, 6.45) is 8.31. The zero-order valence-corrected chi connectivity index (χ0v) is 15.9. The van der Waals surface area contributed by atoms with E-state index >= 15 is 0 Å². The van der Waals surface area contributed by atoms with Gasteiger partial charge in [0.2, 0.25) is 0 Å². The van der Waals surface area contributed by atoms with Crippen LogP contribution < -0.4 is 0 Å². The molecular weight excluding hydrogens is 352 g/mol. The average Bonchev–Trinajstić information content (AvgIpc) is 3.36. The van der Waals surface area contributed by atoms with Crippen molar-refractivity contribution in [2.75, 3.05) is 0 Å². The van der Waals surface area contributed by atoms with Crippen molar-refractivity contribution in [2.24, 2.45) is 0 Å². The summed E-state index contributed by atoms with van der Waals surface area (Å²) in [5, 5.41) is 18.3. The van der Waals surface area contributed by atoms with E-state index in [4.69, 9.17) is 0 Å². The molecule has 0 fully saturated rings. The molecule has 0 aromatic carbocycles. The van der Waals surface area contributed by atoms with Gasteiger partial charge in [0.1, 0.15) is 12.4 Å². The van der Waals surface area contributed by atoms with Gasteiger partial charge in [0.05, 0.1) is 17.0 Å². The summed E-state index contributed by atoms with van der Waals surface area (Å²) >= 11 is 0. The van der Waals surface area contributed by atoms with E-state index in [-0.39, 0.29) is 0 Å². The quantitative estimate of drug-likeness (QED) is 0.516. The van der Waals surface area contributed by atoms with E-state index in [0.717, 1.165) is 47.7 Å². The van der Waals surface area contributed by atoms with Gasteiger partial charge in [-0.3, -0.25) is 0 Å². The van der Waals surface area contributed by atoms with Crippen molar-refractivity contribution in [3.8, 4) is 11.9 Å². The minimum atomic E-state index is 0.481. The molecule has 8 heteroatoms. The zero-order chi connectivity index (χ0) is 19.5. The summed E-state index contributed by atoms with van der Waals surface area (Å²) in [5.74, 6) is 1.34. The van der Waals surface area contributed by atoms with Crippen molar-refractivity contribution in [2.45, 2.75) is 39.5 Å². The van der Waals surface area contributed by atoms with Crippen LogP contribution >= 0.6 is 0 Å². The van der Waals surface area contributed by atoms with Crippen LogP contribution in [0.15, 0.2) is 36.9 Å². The summed E-state index contributed by atoms with van der Waals surface area (Å²) in [7, 11) is 0. The van der Waals surface area contributed by atoms with Gasteiger partial charge < -0.3 is 0 Å². The SMILES string of the molecule is CCCc1c(Cc2ccnn2-c2ncccc2C#N)ncn2nc(CC)nc12. The van der Waals surface area contributed by atoms with Crippen molar-refractivity contribution in [1.29, 1.82) is 5.26 Å². The number of aryl methyl sites for hydroxylation is 2. The van der Waals surface area contributed by atoms with Gasteiger partial charge in [0.15, 0.2) is 17.3 Å². The lowest BCUT2D eigenvalue weighted by molar-refractivity contribution is 0.773. The highest BCUT2D eigenvalue weighted by atomic mass is 15.3. The lowest BCUT2D eigenvalue weighted by Gasteiger charge is -2.11. The Hall–Kier alpha value is -3.60. The maximum Gasteiger partial charge on any atom is 0.171 e. The van der Waals surface area contributed by atoms with Crippen LogP contribution in [0.4, 0.5) is 0 Å². The van der Waals surface area contributed by atoms with Crippen LogP contribution in [-0.2, 0) is 19.3 Å². The molecule has 0 N–H and O–H groups in total. The third-order valence-corrected chi connectivity index (χ3v) is 4.61. The van der Waals surface area contributed by atoms with E-state index < -0.39 is 0 Å². The Morgan fingerprint density at radius 1 is 1.14 bits per heavy atom. The smallest absolute Gasteiger partial charge is 0.171 e. The van der Waals surface area contributed by atoms with Gasteiger partial charge in [0, 0.05) is 30.8 Å². The maximum atomic E-state index is 9.39. The molecular formula is C20H20N8. The van der Waals surface area contributed by atoms with Crippen molar-refractivity contribution >= 4 is 5.65 Å². The molecule has 4 aromatic rings. The van der Waals surface area contributed by atoms with Crippen LogP contribution in [0.5, 0.6) is 0 Å². The number of fused-ring (bicyclic) bond motifs is 1. The molecule has 0 aliphatic rings. The Morgan fingerprint density at radius 3 is 2.82 bits per heavy atom. The lowest BCUT2D eigenvalue weighted by atomic mass is 10.1. The first kappa shape index (κ1) is 17.8. The van der Waals surface area contributed by atoms with Crippen molar-refractivity contribution in [3.05, 3.63) is 65.3 Å². The molecule has 0 radical (unpaired) electrons. The Balaban J connectivity index is 1.79. The summed E-state index contributed by atoms with van der Waals surface area (Å²) < 4.78 is 3.47. The number of rotatable bonds is 6. The Morgan fingerprint density at radius 2 is 2.04 bits per heavy atom. The highest BCUT2D eigenvalue weighted by molar-refractivity contribution is 5.50. The number of hydrogen-bond acceptors (Lipinski definition) is 6. The fourth-order valence-electron chi connectivity index (χ4n) is 3.27. The molecule has 4 aromatic heterocycles. The molecule has 28 heavy (non-hydrogen) atoms. The van der Waals surface area contributed by atoms with E-state index in [1.165, 1.54) is 0 Å². The van der Waals surface area contributed by atoms with Crippen molar-refractivity contribution < 1.29 is 0 Å². The number of nitrogens with zero attached hydrogens (tertiary/aromatic N) is 8. The van der Waals surface area contributed by atoms with Gasteiger partial charge in [0.25, 0.3) is 0 Å². The molecule has 0 saturated carbocycles. The number of pyridine rings is 1. The summed E-state index contributed by atoms with van der Waals surface area (Å²) in [6, 6.07) is 7.59. The number of aromatic nitrogens is 7. The maximum absolute atomic E-state index is 9.39.